The molecule has 1 atom stereocenters. The van der Waals surface area contributed by atoms with Gasteiger partial charge in [0.15, 0.2) is 0 Å². The van der Waals surface area contributed by atoms with Crippen molar-refractivity contribution in [3.05, 3.63) is 26.4 Å². The average molecular weight is 309 g/mol. The van der Waals surface area contributed by atoms with Crippen LogP contribution in [0.1, 0.15) is 22.2 Å². The highest BCUT2D eigenvalue weighted by atomic mass is 79.9. The molecule has 0 amide bonds. The number of rotatable bonds is 0. The lowest BCUT2D eigenvalue weighted by Crippen LogP contribution is -1.97. The number of aliphatic hydroxyl groups is 1. The van der Waals surface area contributed by atoms with E-state index in [0.717, 1.165) is 0 Å². The van der Waals surface area contributed by atoms with Gasteiger partial charge >= 0.3 is 5.97 Å². The van der Waals surface area contributed by atoms with Gasteiger partial charge in [0.1, 0.15) is 14.8 Å². The number of fused-ring (bicyclic) bond motifs is 1. The maximum atomic E-state index is 11.1. The number of carbonyl (C=O) groups is 1. The summed E-state index contributed by atoms with van der Waals surface area (Å²) in [6.45, 7) is 0. The Morgan fingerprint density at radius 3 is 2.92 bits per heavy atom. The number of esters is 1. The van der Waals surface area contributed by atoms with Crippen LogP contribution in [0.4, 0.5) is 0 Å². The molecule has 0 aliphatic carbocycles. The number of aromatic nitrogens is 1. The monoisotopic (exact) mass is 307 g/mol. The molecule has 2 rings (SSSR count). The van der Waals surface area contributed by atoms with Gasteiger partial charge in [-0.15, -0.1) is 0 Å². The molecule has 1 aliphatic heterocycles. The molecular formula is C7H3Br2NO3. The standard InChI is InChI=1S/C7H3Br2NO3/c8-3-1-2-4(5(9)10-3)7(12)13-6(2)11/h1,6,11H/t6-/m1/s1. The summed E-state index contributed by atoms with van der Waals surface area (Å²) in [6, 6.07) is 1.55. The second kappa shape index (κ2) is 3.04. The molecule has 0 saturated heterocycles. The SMILES string of the molecule is O=C1O[C@@H](O)c2cc(Br)nc(Br)c21. The van der Waals surface area contributed by atoms with Crippen LogP contribution in [0.5, 0.6) is 0 Å². The van der Waals surface area contributed by atoms with Crippen molar-refractivity contribution in [1.82, 2.24) is 4.98 Å². The van der Waals surface area contributed by atoms with E-state index in [2.05, 4.69) is 41.6 Å². The third-order valence-corrected chi connectivity index (χ3v) is 2.64. The summed E-state index contributed by atoms with van der Waals surface area (Å²) in [5.74, 6) is -0.561. The predicted molar refractivity (Wildman–Crippen MR) is 50.0 cm³/mol. The van der Waals surface area contributed by atoms with E-state index in [1.165, 1.54) is 0 Å². The molecule has 13 heavy (non-hydrogen) atoms. The molecule has 0 spiro atoms. The molecule has 68 valence electrons. The first kappa shape index (κ1) is 9.11. The number of hydrogen-bond acceptors (Lipinski definition) is 4. The van der Waals surface area contributed by atoms with Crippen molar-refractivity contribution in [2.24, 2.45) is 0 Å². The van der Waals surface area contributed by atoms with E-state index in [1.807, 2.05) is 0 Å². The van der Waals surface area contributed by atoms with Gasteiger partial charge in [-0.05, 0) is 37.9 Å². The minimum Gasteiger partial charge on any atom is -0.428 e. The molecular weight excluding hydrogens is 306 g/mol. The van der Waals surface area contributed by atoms with E-state index in [0.29, 0.717) is 14.8 Å². The minimum atomic E-state index is -1.18. The lowest BCUT2D eigenvalue weighted by atomic mass is 10.2. The lowest BCUT2D eigenvalue weighted by Gasteiger charge is -2.01. The zero-order valence-electron chi connectivity index (χ0n) is 6.12. The summed E-state index contributed by atoms with van der Waals surface area (Å²) in [6.07, 6.45) is -1.18. The van der Waals surface area contributed by atoms with E-state index in [4.69, 9.17) is 0 Å². The largest absolute Gasteiger partial charge is 0.428 e. The number of ether oxygens (including phenoxy) is 1. The Hall–Kier alpha value is -0.460. The normalized spacial score (nSPS) is 19.9. The zero-order chi connectivity index (χ0) is 9.59. The van der Waals surface area contributed by atoms with E-state index < -0.39 is 12.3 Å². The Balaban J connectivity index is 2.69. The second-order valence-electron chi connectivity index (χ2n) is 2.46. The van der Waals surface area contributed by atoms with Crippen LogP contribution < -0.4 is 0 Å². The van der Waals surface area contributed by atoms with Crippen molar-refractivity contribution in [2.45, 2.75) is 6.29 Å². The third kappa shape index (κ3) is 1.38. The van der Waals surface area contributed by atoms with Gasteiger partial charge in [-0.2, -0.15) is 0 Å². The van der Waals surface area contributed by atoms with Crippen LogP contribution in [0.2, 0.25) is 0 Å². The highest BCUT2D eigenvalue weighted by molar-refractivity contribution is 9.11. The summed E-state index contributed by atoms with van der Waals surface area (Å²) in [5.41, 5.74) is 0.717. The zero-order valence-corrected chi connectivity index (χ0v) is 9.29. The van der Waals surface area contributed by atoms with Crippen LogP contribution in [-0.4, -0.2) is 16.1 Å². The fourth-order valence-electron chi connectivity index (χ4n) is 1.12. The molecule has 6 heteroatoms. The summed E-state index contributed by atoms with van der Waals surface area (Å²) < 4.78 is 5.50. The predicted octanol–water partition coefficient (Wildman–Crippen LogP) is 1.77. The Bertz CT molecular complexity index is 394. The smallest absolute Gasteiger partial charge is 0.343 e. The molecule has 1 aromatic rings. The Morgan fingerprint density at radius 1 is 1.54 bits per heavy atom. The van der Waals surface area contributed by atoms with Crippen LogP contribution in [0, 0.1) is 0 Å². The molecule has 0 bridgehead atoms. The van der Waals surface area contributed by atoms with Crippen molar-refractivity contribution in [2.75, 3.05) is 0 Å². The Morgan fingerprint density at radius 2 is 2.23 bits per heavy atom. The summed E-state index contributed by atoms with van der Waals surface area (Å²) >= 11 is 6.26. The Labute approximate surface area is 90.2 Å². The highest BCUT2D eigenvalue weighted by Gasteiger charge is 2.32. The third-order valence-electron chi connectivity index (χ3n) is 1.66. The van der Waals surface area contributed by atoms with Gasteiger partial charge < -0.3 is 9.84 Å². The number of cyclic esters (lactones) is 1. The van der Waals surface area contributed by atoms with Crippen molar-refractivity contribution in [3.63, 3.8) is 0 Å². The topological polar surface area (TPSA) is 59.4 Å². The molecule has 1 N–H and O–H groups in total. The molecule has 0 saturated carbocycles. The fraction of sp³-hybridized carbons (Fsp3) is 0.143. The van der Waals surface area contributed by atoms with Gasteiger partial charge in [-0.25, -0.2) is 9.78 Å². The van der Waals surface area contributed by atoms with Gasteiger partial charge in [0.2, 0.25) is 6.29 Å². The molecule has 0 aromatic carbocycles. The molecule has 0 fully saturated rings. The van der Waals surface area contributed by atoms with E-state index in [9.17, 15) is 9.90 Å². The van der Waals surface area contributed by atoms with Crippen molar-refractivity contribution >= 4 is 37.8 Å². The van der Waals surface area contributed by atoms with Crippen molar-refractivity contribution < 1.29 is 14.6 Å². The van der Waals surface area contributed by atoms with E-state index in [-0.39, 0.29) is 5.56 Å². The van der Waals surface area contributed by atoms with Gasteiger partial charge in [0, 0.05) is 5.56 Å². The van der Waals surface area contributed by atoms with Gasteiger partial charge in [-0.3, -0.25) is 0 Å². The number of aliphatic hydroxyl groups excluding tert-OH is 1. The summed E-state index contributed by atoms with van der Waals surface area (Å²) in [5, 5.41) is 9.29. The second-order valence-corrected chi connectivity index (χ2v) is 4.02. The number of pyridine rings is 1. The first-order valence-corrected chi connectivity index (χ1v) is 4.93. The molecule has 0 unspecified atom stereocenters. The molecule has 1 aromatic heterocycles. The first-order chi connectivity index (χ1) is 6.09. The molecule has 1 aliphatic rings. The molecule has 4 nitrogen and oxygen atoms in total. The lowest BCUT2D eigenvalue weighted by molar-refractivity contribution is -0.0548. The highest BCUT2D eigenvalue weighted by Crippen LogP contribution is 2.34. The fourth-order valence-corrected chi connectivity index (χ4v) is 2.37. The van der Waals surface area contributed by atoms with Gasteiger partial charge in [0.05, 0.1) is 0 Å². The van der Waals surface area contributed by atoms with Gasteiger partial charge in [0.25, 0.3) is 0 Å². The van der Waals surface area contributed by atoms with Crippen LogP contribution >= 0.6 is 31.9 Å². The van der Waals surface area contributed by atoms with Crippen molar-refractivity contribution in [1.29, 1.82) is 0 Å². The summed E-state index contributed by atoms with van der Waals surface area (Å²) in [4.78, 5) is 15.1. The minimum absolute atomic E-state index is 0.288. The van der Waals surface area contributed by atoms with Crippen molar-refractivity contribution in [3.8, 4) is 0 Å². The van der Waals surface area contributed by atoms with Crippen LogP contribution in [-0.2, 0) is 4.74 Å². The number of hydrogen-bond donors (Lipinski definition) is 1. The van der Waals surface area contributed by atoms with Crippen LogP contribution in [0.15, 0.2) is 15.3 Å². The van der Waals surface area contributed by atoms with E-state index in [1.54, 1.807) is 6.07 Å². The van der Waals surface area contributed by atoms with Crippen LogP contribution in [0.3, 0.4) is 0 Å². The van der Waals surface area contributed by atoms with Crippen LogP contribution in [0.25, 0.3) is 0 Å². The maximum Gasteiger partial charge on any atom is 0.343 e. The first-order valence-electron chi connectivity index (χ1n) is 3.34. The van der Waals surface area contributed by atoms with E-state index >= 15 is 0 Å². The average Bonchev–Trinajstić information content (AvgIpc) is 2.27. The number of carbonyl (C=O) groups excluding carboxylic acids is 1. The maximum absolute atomic E-state index is 11.1. The van der Waals surface area contributed by atoms with Gasteiger partial charge in [-0.1, -0.05) is 0 Å². The number of halogens is 2. The number of nitrogens with zero attached hydrogens (tertiary/aromatic N) is 1. The molecule has 0 radical (unpaired) electrons. The Kier molecular flexibility index (Phi) is 2.13. The summed E-state index contributed by atoms with van der Waals surface area (Å²) in [7, 11) is 0. The molecule has 2 heterocycles. The quantitative estimate of drug-likeness (QED) is 0.586.